The molecule has 0 N–H and O–H groups in total. The summed E-state index contributed by atoms with van der Waals surface area (Å²) in [5, 5.41) is 0.630. The maximum absolute atomic E-state index is 11.2. The first kappa shape index (κ1) is 13.4. The highest BCUT2D eigenvalue weighted by Crippen LogP contribution is 2.30. The van der Waals surface area contributed by atoms with E-state index in [9.17, 15) is 4.79 Å². The molecule has 0 saturated carbocycles. The number of halogens is 1. The lowest BCUT2D eigenvalue weighted by Crippen LogP contribution is -2.40. The number of hydrogen-bond donors (Lipinski definition) is 0. The van der Waals surface area contributed by atoms with E-state index >= 15 is 0 Å². The molecule has 0 spiro atoms. The average Bonchev–Trinajstić information content (AvgIpc) is 2.40. The molecule has 98 valence electrons. The molecule has 1 aliphatic heterocycles. The predicted molar refractivity (Wildman–Crippen MR) is 76.7 cm³/mol. The monoisotopic (exact) mass is 265 g/mol. The summed E-state index contributed by atoms with van der Waals surface area (Å²) in [6, 6.07) is 6.20. The van der Waals surface area contributed by atoms with Gasteiger partial charge in [0, 0.05) is 28.9 Å². The summed E-state index contributed by atoms with van der Waals surface area (Å²) in [6.45, 7) is 3.27. The topological polar surface area (TPSA) is 20.3 Å². The lowest BCUT2D eigenvalue weighted by molar-refractivity contribution is 0.112. The highest BCUT2D eigenvalue weighted by Gasteiger charge is 2.23. The van der Waals surface area contributed by atoms with Crippen molar-refractivity contribution < 1.29 is 4.79 Å². The third-order valence-electron chi connectivity index (χ3n) is 3.68. The fourth-order valence-electron chi connectivity index (χ4n) is 2.83. The number of carbonyl (C=O) groups is 1. The fraction of sp³-hybridized carbons (Fsp3) is 0.533. The van der Waals surface area contributed by atoms with Crippen LogP contribution in [0.25, 0.3) is 0 Å². The Hall–Kier alpha value is -1.02. The van der Waals surface area contributed by atoms with Crippen LogP contribution in [-0.2, 0) is 0 Å². The Morgan fingerprint density at radius 3 is 3.00 bits per heavy atom. The van der Waals surface area contributed by atoms with Gasteiger partial charge in [0.2, 0.25) is 0 Å². The van der Waals surface area contributed by atoms with Crippen LogP contribution in [0.4, 0.5) is 5.69 Å². The number of piperidine rings is 1. The first-order chi connectivity index (χ1) is 8.76. The summed E-state index contributed by atoms with van der Waals surface area (Å²) in [7, 11) is 0. The second-order valence-electron chi connectivity index (χ2n) is 4.95. The van der Waals surface area contributed by atoms with Crippen LogP contribution in [-0.4, -0.2) is 18.9 Å². The van der Waals surface area contributed by atoms with Crippen molar-refractivity contribution in [2.24, 2.45) is 0 Å². The quantitative estimate of drug-likeness (QED) is 0.756. The van der Waals surface area contributed by atoms with Crippen LogP contribution < -0.4 is 4.90 Å². The number of aldehydes is 1. The van der Waals surface area contributed by atoms with Crippen LogP contribution in [0.2, 0.25) is 5.02 Å². The number of nitrogens with zero attached hydrogens (tertiary/aromatic N) is 1. The largest absolute Gasteiger partial charge is 0.368 e. The van der Waals surface area contributed by atoms with Gasteiger partial charge in [-0.2, -0.15) is 0 Å². The second-order valence-corrected chi connectivity index (χ2v) is 5.39. The molecule has 0 aromatic heterocycles. The highest BCUT2D eigenvalue weighted by molar-refractivity contribution is 6.31. The van der Waals surface area contributed by atoms with E-state index in [1.165, 1.54) is 32.1 Å². The molecule has 0 radical (unpaired) electrons. The molecule has 2 nitrogen and oxygen atoms in total. The van der Waals surface area contributed by atoms with E-state index in [0.29, 0.717) is 16.6 Å². The number of anilines is 1. The van der Waals surface area contributed by atoms with Crippen LogP contribution in [0.3, 0.4) is 0 Å². The van der Waals surface area contributed by atoms with E-state index in [1.807, 2.05) is 12.1 Å². The van der Waals surface area contributed by atoms with Crippen molar-refractivity contribution in [1.82, 2.24) is 0 Å². The van der Waals surface area contributed by atoms with Gasteiger partial charge < -0.3 is 4.90 Å². The maximum Gasteiger partial charge on any atom is 0.152 e. The van der Waals surface area contributed by atoms with Crippen molar-refractivity contribution in [2.75, 3.05) is 11.4 Å². The van der Waals surface area contributed by atoms with Gasteiger partial charge in [0.1, 0.15) is 0 Å². The van der Waals surface area contributed by atoms with Gasteiger partial charge in [-0.1, -0.05) is 24.9 Å². The third kappa shape index (κ3) is 2.86. The van der Waals surface area contributed by atoms with Gasteiger partial charge >= 0.3 is 0 Å². The number of carbonyl (C=O) groups excluding carboxylic acids is 1. The minimum atomic E-state index is 0.573. The molecule has 0 bridgehead atoms. The van der Waals surface area contributed by atoms with Gasteiger partial charge in [0.15, 0.2) is 6.29 Å². The normalized spacial score (nSPS) is 19.9. The molecule has 1 aromatic rings. The van der Waals surface area contributed by atoms with E-state index in [0.717, 1.165) is 18.5 Å². The van der Waals surface area contributed by atoms with Crippen LogP contribution in [0, 0.1) is 0 Å². The van der Waals surface area contributed by atoms with Gasteiger partial charge in [-0.25, -0.2) is 0 Å². The Morgan fingerprint density at radius 2 is 2.28 bits per heavy atom. The first-order valence-corrected chi connectivity index (χ1v) is 7.15. The highest BCUT2D eigenvalue weighted by atomic mass is 35.5. The Morgan fingerprint density at radius 1 is 1.44 bits per heavy atom. The summed E-state index contributed by atoms with van der Waals surface area (Å²) in [4.78, 5) is 13.6. The molecule has 18 heavy (non-hydrogen) atoms. The third-order valence-corrected chi connectivity index (χ3v) is 3.91. The Labute approximate surface area is 114 Å². The molecule has 1 atom stereocenters. The van der Waals surface area contributed by atoms with Gasteiger partial charge in [-0.15, -0.1) is 0 Å². The van der Waals surface area contributed by atoms with Crippen LogP contribution in [0.1, 0.15) is 49.4 Å². The van der Waals surface area contributed by atoms with Gasteiger partial charge in [-0.05, 0) is 43.9 Å². The maximum atomic E-state index is 11.2. The standard InChI is InChI=1S/C15H20ClNO/c1-2-5-14-6-3-4-9-17(14)15-8-7-13(16)10-12(15)11-18/h7-8,10-11,14H,2-6,9H2,1H3. The zero-order chi connectivity index (χ0) is 13.0. The Bertz CT molecular complexity index is 417. The van der Waals surface area contributed by atoms with E-state index in [1.54, 1.807) is 6.07 Å². The Kier molecular flexibility index (Phi) is 4.65. The number of benzene rings is 1. The first-order valence-electron chi connectivity index (χ1n) is 6.77. The molecule has 2 rings (SSSR count). The SMILES string of the molecule is CCCC1CCCCN1c1ccc(Cl)cc1C=O. The number of hydrogen-bond acceptors (Lipinski definition) is 2. The summed E-state index contributed by atoms with van der Waals surface area (Å²) >= 11 is 5.95. The van der Waals surface area contributed by atoms with Gasteiger partial charge in [-0.3, -0.25) is 4.79 Å². The molecule has 1 unspecified atom stereocenters. The lowest BCUT2D eigenvalue weighted by Gasteiger charge is -2.38. The smallest absolute Gasteiger partial charge is 0.152 e. The van der Waals surface area contributed by atoms with Crippen LogP contribution in [0.15, 0.2) is 18.2 Å². The van der Waals surface area contributed by atoms with Crippen molar-refractivity contribution in [3.8, 4) is 0 Å². The van der Waals surface area contributed by atoms with Crippen molar-refractivity contribution in [3.63, 3.8) is 0 Å². The fourth-order valence-corrected chi connectivity index (χ4v) is 3.01. The van der Waals surface area contributed by atoms with Crippen molar-refractivity contribution >= 4 is 23.6 Å². The predicted octanol–water partition coefficient (Wildman–Crippen LogP) is 4.31. The average molecular weight is 266 g/mol. The molecule has 3 heteroatoms. The zero-order valence-electron chi connectivity index (χ0n) is 10.9. The second kappa shape index (κ2) is 6.24. The van der Waals surface area contributed by atoms with Gasteiger partial charge in [0.25, 0.3) is 0 Å². The van der Waals surface area contributed by atoms with E-state index < -0.39 is 0 Å². The molecule has 1 aliphatic rings. The Balaban J connectivity index is 2.30. The molecule has 0 amide bonds. The van der Waals surface area contributed by atoms with E-state index in [2.05, 4.69) is 11.8 Å². The summed E-state index contributed by atoms with van der Waals surface area (Å²) in [5.74, 6) is 0. The summed E-state index contributed by atoms with van der Waals surface area (Å²) < 4.78 is 0. The molecular formula is C15H20ClNO. The summed E-state index contributed by atoms with van der Waals surface area (Å²) in [6.07, 6.45) is 7.03. The molecule has 1 aromatic carbocycles. The van der Waals surface area contributed by atoms with Gasteiger partial charge in [0.05, 0.1) is 0 Å². The lowest BCUT2D eigenvalue weighted by atomic mass is 9.96. The van der Waals surface area contributed by atoms with E-state index in [4.69, 9.17) is 11.6 Å². The summed E-state index contributed by atoms with van der Waals surface area (Å²) in [5.41, 5.74) is 1.76. The zero-order valence-corrected chi connectivity index (χ0v) is 11.6. The van der Waals surface area contributed by atoms with Crippen LogP contribution >= 0.6 is 11.6 Å². The molecule has 1 fully saturated rings. The molecule has 1 saturated heterocycles. The van der Waals surface area contributed by atoms with Crippen molar-refractivity contribution in [3.05, 3.63) is 28.8 Å². The van der Waals surface area contributed by atoms with Crippen molar-refractivity contribution in [2.45, 2.75) is 45.1 Å². The minimum absolute atomic E-state index is 0.573. The van der Waals surface area contributed by atoms with Crippen LogP contribution in [0.5, 0.6) is 0 Å². The number of rotatable bonds is 4. The van der Waals surface area contributed by atoms with Crippen molar-refractivity contribution in [1.29, 1.82) is 0 Å². The molecular weight excluding hydrogens is 246 g/mol. The van der Waals surface area contributed by atoms with E-state index in [-0.39, 0.29) is 0 Å². The molecule has 1 heterocycles. The minimum Gasteiger partial charge on any atom is -0.368 e. The molecule has 0 aliphatic carbocycles.